The van der Waals surface area contributed by atoms with E-state index < -0.39 is 33.3 Å². The maximum absolute atomic E-state index is 15.3. The molecule has 1 atom stereocenters. The lowest BCUT2D eigenvalue weighted by molar-refractivity contribution is -0.121. The van der Waals surface area contributed by atoms with Crippen molar-refractivity contribution in [2.24, 2.45) is 0 Å². The number of carbonyl (C=O) groups excluding carboxylic acids is 2. The van der Waals surface area contributed by atoms with Gasteiger partial charge in [-0.1, -0.05) is 23.7 Å². The summed E-state index contributed by atoms with van der Waals surface area (Å²) in [6, 6.07) is 10.8. The molecule has 0 bridgehead atoms. The quantitative estimate of drug-likeness (QED) is 0.349. The lowest BCUT2D eigenvalue weighted by Gasteiger charge is -2.43. The predicted molar refractivity (Wildman–Crippen MR) is 182 cm³/mol. The molecule has 3 aliphatic heterocycles. The highest BCUT2D eigenvalue weighted by Crippen LogP contribution is 2.50. The van der Waals surface area contributed by atoms with Gasteiger partial charge in [-0.2, -0.15) is 4.31 Å². The van der Waals surface area contributed by atoms with Gasteiger partial charge in [-0.25, -0.2) is 22.6 Å². The van der Waals surface area contributed by atoms with E-state index in [4.69, 9.17) is 21.1 Å². The van der Waals surface area contributed by atoms with Gasteiger partial charge in [0.1, 0.15) is 16.5 Å². The van der Waals surface area contributed by atoms with E-state index in [0.717, 1.165) is 32.0 Å². The lowest BCUT2D eigenvalue weighted by Crippen LogP contribution is -2.61. The Labute approximate surface area is 290 Å². The van der Waals surface area contributed by atoms with Crippen LogP contribution in [0.2, 0.25) is 5.02 Å². The fourth-order valence-electron chi connectivity index (χ4n) is 6.92. The molecular weight excluding hydrogens is 675 g/mol. The Morgan fingerprint density at radius 2 is 1.69 bits per heavy atom. The highest BCUT2D eigenvalue weighted by Gasteiger charge is 2.59. The van der Waals surface area contributed by atoms with Gasteiger partial charge >= 0.3 is 6.03 Å². The summed E-state index contributed by atoms with van der Waals surface area (Å²) < 4.78 is 56.2. The number of benzene rings is 2. The molecule has 0 spiro atoms. The number of carbonyl (C=O) groups is 2. The number of urea groups is 1. The first kappa shape index (κ1) is 34.9. The number of nitrogens with zero attached hydrogens (tertiary/aromatic N) is 5. The van der Waals surface area contributed by atoms with E-state index >= 15 is 9.18 Å². The van der Waals surface area contributed by atoms with Gasteiger partial charge in [0.05, 0.1) is 29.5 Å². The number of likely N-dealkylation sites (tertiary alicyclic amines) is 1. The normalized spacial score (nSPS) is 20.7. The fraction of sp³-hybridized carbons (Fsp3) is 0.441. The molecule has 3 aliphatic rings. The van der Waals surface area contributed by atoms with Crippen molar-refractivity contribution in [3.8, 4) is 11.6 Å². The molecule has 1 unspecified atom stereocenters. The number of sulfonamides is 1. The molecule has 4 heterocycles. The molecule has 3 amide bonds. The summed E-state index contributed by atoms with van der Waals surface area (Å²) in [7, 11) is -2.65. The molecule has 15 heteroatoms. The molecule has 0 saturated carbocycles. The highest BCUT2D eigenvalue weighted by molar-refractivity contribution is 7.93. The van der Waals surface area contributed by atoms with Crippen LogP contribution < -0.4 is 19.1 Å². The third-order valence-electron chi connectivity index (χ3n) is 9.39. The summed E-state index contributed by atoms with van der Waals surface area (Å²) in [5.74, 6) is -2.03. The summed E-state index contributed by atoms with van der Waals surface area (Å²) in [4.78, 5) is 39.7. The van der Waals surface area contributed by atoms with Crippen LogP contribution in [0.15, 0.2) is 59.6 Å². The maximum atomic E-state index is 15.3. The number of rotatable bonds is 9. The Morgan fingerprint density at radius 1 is 1.00 bits per heavy atom. The molecule has 49 heavy (non-hydrogen) atoms. The van der Waals surface area contributed by atoms with Crippen LogP contribution in [0.25, 0.3) is 0 Å². The number of anilines is 1. The van der Waals surface area contributed by atoms with E-state index in [1.165, 1.54) is 36.5 Å². The predicted octanol–water partition coefficient (Wildman–Crippen LogP) is 4.07. The minimum atomic E-state index is -4.76. The average Bonchev–Trinajstić information content (AvgIpc) is 3.33. The minimum absolute atomic E-state index is 0.00824. The number of pyridine rings is 1. The van der Waals surface area contributed by atoms with E-state index in [1.54, 1.807) is 30.9 Å². The van der Waals surface area contributed by atoms with Crippen LogP contribution in [0, 0.1) is 5.82 Å². The molecule has 1 N–H and O–H groups in total. The van der Waals surface area contributed by atoms with Crippen molar-refractivity contribution in [3.05, 3.63) is 76.7 Å². The second-order valence-electron chi connectivity index (χ2n) is 12.3. The first-order valence-corrected chi connectivity index (χ1v) is 18.2. The van der Waals surface area contributed by atoms with Gasteiger partial charge in [-0.05, 0) is 77.2 Å². The molecule has 1 aromatic heterocycles. The van der Waals surface area contributed by atoms with Crippen LogP contribution in [0.3, 0.4) is 0 Å². The largest absolute Gasteiger partial charge is 0.492 e. The van der Waals surface area contributed by atoms with Gasteiger partial charge in [0.2, 0.25) is 5.88 Å². The van der Waals surface area contributed by atoms with Gasteiger partial charge in [0.25, 0.3) is 15.9 Å². The molecule has 2 fully saturated rings. The summed E-state index contributed by atoms with van der Waals surface area (Å²) in [5, 5.41) is 2.53. The summed E-state index contributed by atoms with van der Waals surface area (Å²) >= 11 is 6.33. The number of aromatic nitrogens is 1. The van der Waals surface area contributed by atoms with Crippen LogP contribution in [0.4, 0.5) is 14.9 Å². The van der Waals surface area contributed by atoms with E-state index in [0.29, 0.717) is 36.5 Å². The lowest BCUT2D eigenvalue weighted by atomic mass is 9.84. The van der Waals surface area contributed by atoms with E-state index in [2.05, 4.69) is 27.1 Å². The number of piperidine rings is 1. The van der Waals surface area contributed by atoms with Gasteiger partial charge < -0.3 is 24.6 Å². The summed E-state index contributed by atoms with van der Waals surface area (Å²) in [6.45, 7) is 7.81. The molecule has 3 aromatic rings. The number of para-hydroxylation sites is 1. The molecule has 0 radical (unpaired) electrons. The van der Waals surface area contributed by atoms with Crippen molar-refractivity contribution < 1.29 is 31.9 Å². The van der Waals surface area contributed by atoms with Crippen LogP contribution in [-0.4, -0.2) is 106 Å². The summed E-state index contributed by atoms with van der Waals surface area (Å²) in [6.07, 6.45) is 3.55. The summed E-state index contributed by atoms with van der Waals surface area (Å²) in [5.41, 5.74) is -2.51. The monoisotopic (exact) mass is 714 g/mol. The number of amides is 3. The Kier molecular flexibility index (Phi) is 10.0. The Balaban J connectivity index is 1.45. The average molecular weight is 715 g/mol. The van der Waals surface area contributed by atoms with Crippen LogP contribution >= 0.6 is 11.6 Å². The van der Waals surface area contributed by atoms with Gasteiger partial charge in [-0.3, -0.25) is 9.69 Å². The highest BCUT2D eigenvalue weighted by atomic mass is 35.5. The zero-order valence-electron chi connectivity index (χ0n) is 27.7. The van der Waals surface area contributed by atoms with Crippen LogP contribution in [0.1, 0.15) is 37.8 Å². The number of halogens is 2. The van der Waals surface area contributed by atoms with Crippen molar-refractivity contribution >= 4 is 39.2 Å². The second kappa shape index (κ2) is 14.1. The number of fused-ring (bicyclic) bond motifs is 1. The van der Waals surface area contributed by atoms with Crippen LogP contribution in [0.5, 0.6) is 11.6 Å². The Bertz CT molecular complexity index is 1830. The second-order valence-corrected chi connectivity index (χ2v) is 14.4. The van der Waals surface area contributed by atoms with Crippen molar-refractivity contribution in [1.82, 2.24) is 25.0 Å². The third-order valence-corrected chi connectivity index (χ3v) is 11.4. The number of ether oxygens (including phenoxy) is 2. The first-order valence-electron chi connectivity index (χ1n) is 16.4. The first-order chi connectivity index (χ1) is 23.5. The van der Waals surface area contributed by atoms with Crippen molar-refractivity contribution in [2.75, 3.05) is 63.8 Å². The number of hydrogen-bond acceptors (Lipinski definition) is 9. The third kappa shape index (κ3) is 6.31. The van der Waals surface area contributed by atoms with Gasteiger partial charge in [-0.15, -0.1) is 0 Å². The zero-order chi connectivity index (χ0) is 34.9. The molecule has 6 rings (SSSR count). The van der Waals surface area contributed by atoms with E-state index in [-0.39, 0.29) is 51.6 Å². The molecule has 2 saturated heterocycles. The Hall–Kier alpha value is -3.98. The Morgan fingerprint density at radius 3 is 2.39 bits per heavy atom. The van der Waals surface area contributed by atoms with Crippen molar-refractivity contribution in [3.63, 3.8) is 0 Å². The molecule has 262 valence electrons. The molecule has 0 aliphatic carbocycles. The van der Waals surface area contributed by atoms with Crippen LogP contribution in [-0.2, 0) is 20.4 Å². The van der Waals surface area contributed by atoms with E-state index in [9.17, 15) is 13.2 Å². The van der Waals surface area contributed by atoms with Gasteiger partial charge in [0.15, 0.2) is 5.54 Å². The van der Waals surface area contributed by atoms with Crippen molar-refractivity contribution in [2.45, 2.75) is 43.2 Å². The van der Waals surface area contributed by atoms with Crippen molar-refractivity contribution in [1.29, 1.82) is 0 Å². The van der Waals surface area contributed by atoms with E-state index in [1.807, 2.05) is 0 Å². The molecular formula is C34H40ClFN6O6S. The maximum Gasteiger partial charge on any atom is 0.318 e. The molecule has 2 aromatic carbocycles. The zero-order valence-corrected chi connectivity index (χ0v) is 29.3. The number of hydrogen-bond donors (Lipinski definition) is 1. The minimum Gasteiger partial charge on any atom is -0.492 e. The smallest absolute Gasteiger partial charge is 0.318 e. The SMILES string of the molecule is CCOc1ccccc1S(=O)(=O)N1C(=O)C(NC(=O)N2CCN(C3CCN(C)CC3)CC2)(c2cccnc2OCC)c2cc(Cl)c(F)cc21. The van der Waals surface area contributed by atoms with Gasteiger partial charge in [0, 0.05) is 50.0 Å². The number of piperazine rings is 1. The standard InChI is InChI=1S/C34H40ClFN6O6S/c1-4-47-29-10-6-7-11-30(29)49(45,46)42-28-22-27(36)26(35)21-25(28)34(32(42)43,24-9-8-14-37-31(24)48-5-2)38-33(44)41-19-17-40(18-20-41)23-12-15-39(3)16-13-23/h6-11,14,21-23H,4-5,12-13,15-20H2,1-3H3,(H,38,44). The fourth-order valence-corrected chi connectivity index (χ4v) is 8.68. The molecule has 12 nitrogen and oxygen atoms in total. The topological polar surface area (TPSA) is 125 Å². The number of nitrogens with one attached hydrogen (secondary N) is 1.